The van der Waals surface area contributed by atoms with Gasteiger partial charge in [0, 0.05) is 18.2 Å². The van der Waals surface area contributed by atoms with E-state index in [1.165, 1.54) is 25.0 Å². The van der Waals surface area contributed by atoms with Gasteiger partial charge in [-0.15, -0.1) is 0 Å². The predicted octanol–water partition coefficient (Wildman–Crippen LogP) is 5.16. The van der Waals surface area contributed by atoms with Gasteiger partial charge in [0.25, 0.3) is 0 Å². The number of benzene rings is 2. The average Bonchev–Trinajstić information content (AvgIpc) is 3.48. The van der Waals surface area contributed by atoms with Crippen molar-refractivity contribution >= 4 is 11.6 Å². The van der Waals surface area contributed by atoms with Gasteiger partial charge in [0.15, 0.2) is 0 Å². The van der Waals surface area contributed by atoms with Gasteiger partial charge in [-0.05, 0) is 73.6 Å². The molecular formula is C22H26FNO2. The first kappa shape index (κ1) is 18.4. The van der Waals surface area contributed by atoms with Crippen molar-refractivity contribution in [1.29, 1.82) is 0 Å². The van der Waals surface area contributed by atoms with E-state index < -0.39 is 0 Å². The number of halogens is 1. The number of amides is 1. The highest BCUT2D eigenvalue weighted by Crippen LogP contribution is 2.38. The minimum atomic E-state index is -0.255. The quantitative estimate of drug-likeness (QED) is 0.686. The van der Waals surface area contributed by atoms with E-state index in [1.807, 2.05) is 36.1 Å². The largest absolute Gasteiger partial charge is 0.497 e. The molecule has 2 unspecified atom stereocenters. The van der Waals surface area contributed by atoms with Crippen LogP contribution in [0.2, 0.25) is 0 Å². The fourth-order valence-electron chi connectivity index (χ4n) is 3.41. The second-order valence-corrected chi connectivity index (χ2v) is 7.20. The monoisotopic (exact) mass is 355 g/mol. The zero-order valence-corrected chi connectivity index (χ0v) is 15.6. The van der Waals surface area contributed by atoms with Crippen molar-refractivity contribution in [3.63, 3.8) is 0 Å². The fourth-order valence-corrected chi connectivity index (χ4v) is 3.41. The summed E-state index contributed by atoms with van der Waals surface area (Å²) >= 11 is 0. The molecule has 4 heteroatoms. The Morgan fingerprint density at radius 2 is 1.73 bits per heavy atom. The minimum Gasteiger partial charge on any atom is -0.497 e. The molecule has 0 aromatic heterocycles. The van der Waals surface area contributed by atoms with Gasteiger partial charge in [0.1, 0.15) is 11.6 Å². The van der Waals surface area contributed by atoms with Crippen molar-refractivity contribution in [2.45, 2.75) is 45.1 Å². The van der Waals surface area contributed by atoms with Crippen LogP contribution in [0, 0.1) is 11.7 Å². The Morgan fingerprint density at radius 1 is 1.12 bits per heavy atom. The number of hydrogen-bond donors (Lipinski definition) is 0. The molecule has 2 aromatic carbocycles. The Morgan fingerprint density at radius 3 is 2.27 bits per heavy atom. The normalized spacial score (nSPS) is 16.0. The Balaban J connectivity index is 1.78. The molecule has 3 rings (SSSR count). The first-order valence-electron chi connectivity index (χ1n) is 9.21. The van der Waals surface area contributed by atoms with E-state index in [2.05, 4.69) is 6.92 Å². The third kappa shape index (κ3) is 4.24. The molecule has 3 nitrogen and oxygen atoms in total. The minimum absolute atomic E-state index is 0.0373. The summed E-state index contributed by atoms with van der Waals surface area (Å²) in [6.07, 6.45) is 2.75. The van der Waals surface area contributed by atoms with E-state index >= 15 is 0 Å². The molecule has 0 saturated heterocycles. The van der Waals surface area contributed by atoms with Gasteiger partial charge in [-0.1, -0.05) is 19.1 Å². The van der Waals surface area contributed by atoms with Gasteiger partial charge in [-0.3, -0.25) is 4.79 Å². The summed E-state index contributed by atoms with van der Waals surface area (Å²) in [6.45, 7) is 4.14. The van der Waals surface area contributed by atoms with Crippen LogP contribution in [0.3, 0.4) is 0 Å². The molecule has 1 aliphatic carbocycles. The van der Waals surface area contributed by atoms with E-state index in [1.54, 1.807) is 19.2 Å². The van der Waals surface area contributed by atoms with Gasteiger partial charge >= 0.3 is 0 Å². The average molecular weight is 355 g/mol. The maximum atomic E-state index is 13.1. The van der Waals surface area contributed by atoms with E-state index in [9.17, 15) is 9.18 Å². The van der Waals surface area contributed by atoms with Crippen LogP contribution in [0.25, 0.3) is 0 Å². The Hall–Kier alpha value is -2.36. The molecule has 26 heavy (non-hydrogen) atoms. The Labute approximate surface area is 154 Å². The zero-order chi connectivity index (χ0) is 18.7. The smallest absolute Gasteiger partial charge is 0.227 e. The van der Waals surface area contributed by atoms with Crippen LogP contribution < -0.4 is 9.64 Å². The van der Waals surface area contributed by atoms with Gasteiger partial charge in [0.2, 0.25) is 5.91 Å². The van der Waals surface area contributed by atoms with Gasteiger partial charge in [-0.25, -0.2) is 4.39 Å². The molecule has 1 fully saturated rings. The summed E-state index contributed by atoms with van der Waals surface area (Å²) in [7, 11) is 1.63. The third-order valence-electron chi connectivity index (χ3n) is 5.25. The van der Waals surface area contributed by atoms with Crippen LogP contribution in [0.5, 0.6) is 5.75 Å². The van der Waals surface area contributed by atoms with Crippen molar-refractivity contribution in [2.24, 2.45) is 5.92 Å². The SMILES string of the molecule is COc1ccc(N(C(=O)CC(C)c2ccc(F)cc2)C(C)C2CC2)cc1. The van der Waals surface area contributed by atoms with Crippen molar-refractivity contribution in [3.8, 4) is 5.75 Å². The van der Waals surface area contributed by atoms with Crippen molar-refractivity contribution in [1.82, 2.24) is 0 Å². The predicted molar refractivity (Wildman–Crippen MR) is 102 cm³/mol. The third-order valence-corrected chi connectivity index (χ3v) is 5.25. The molecule has 0 radical (unpaired) electrons. The van der Waals surface area contributed by atoms with Crippen LogP contribution in [0.1, 0.15) is 44.6 Å². The highest BCUT2D eigenvalue weighted by atomic mass is 19.1. The number of ether oxygens (including phenoxy) is 1. The number of rotatable bonds is 7. The summed E-state index contributed by atoms with van der Waals surface area (Å²) in [5.41, 5.74) is 1.88. The molecule has 2 atom stereocenters. The molecule has 0 heterocycles. The molecule has 0 N–H and O–H groups in total. The molecule has 0 bridgehead atoms. The van der Waals surface area contributed by atoms with E-state index in [4.69, 9.17) is 4.74 Å². The van der Waals surface area contributed by atoms with Gasteiger partial charge in [0.05, 0.1) is 7.11 Å². The summed E-state index contributed by atoms with van der Waals surface area (Å²) in [4.78, 5) is 15.1. The fraction of sp³-hybridized carbons (Fsp3) is 0.409. The molecule has 1 saturated carbocycles. The van der Waals surface area contributed by atoms with Gasteiger partial charge in [-0.2, -0.15) is 0 Å². The zero-order valence-electron chi connectivity index (χ0n) is 15.6. The number of carbonyl (C=O) groups is 1. The summed E-state index contributed by atoms with van der Waals surface area (Å²) in [5.74, 6) is 1.23. The van der Waals surface area contributed by atoms with Gasteiger partial charge < -0.3 is 9.64 Å². The molecule has 138 valence electrons. The highest BCUT2D eigenvalue weighted by Gasteiger charge is 2.35. The van der Waals surface area contributed by atoms with Crippen LogP contribution in [0.15, 0.2) is 48.5 Å². The lowest BCUT2D eigenvalue weighted by atomic mass is 9.96. The summed E-state index contributed by atoms with van der Waals surface area (Å²) in [5, 5.41) is 0. The lowest BCUT2D eigenvalue weighted by Crippen LogP contribution is -2.40. The first-order chi connectivity index (χ1) is 12.5. The lowest BCUT2D eigenvalue weighted by Gasteiger charge is -2.31. The lowest BCUT2D eigenvalue weighted by molar-refractivity contribution is -0.119. The van der Waals surface area contributed by atoms with Crippen molar-refractivity contribution < 1.29 is 13.9 Å². The summed E-state index contributed by atoms with van der Waals surface area (Å²) < 4.78 is 18.4. The highest BCUT2D eigenvalue weighted by molar-refractivity contribution is 5.94. The van der Waals surface area contributed by atoms with Crippen LogP contribution in [0.4, 0.5) is 10.1 Å². The summed E-state index contributed by atoms with van der Waals surface area (Å²) in [6, 6.07) is 14.3. The molecule has 1 amide bonds. The number of hydrogen-bond acceptors (Lipinski definition) is 2. The molecule has 0 aliphatic heterocycles. The topological polar surface area (TPSA) is 29.5 Å². The van der Waals surface area contributed by atoms with Crippen LogP contribution >= 0.6 is 0 Å². The maximum absolute atomic E-state index is 13.1. The number of carbonyl (C=O) groups excluding carboxylic acids is 1. The first-order valence-corrected chi connectivity index (χ1v) is 9.21. The maximum Gasteiger partial charge on any atom is 0.227 e. The van der Waals surface area contributed by atoms with E-state index in [0.717, 1.165) is 17.0 Å². The second kappa shape index (κ2) is 7.90. The number of nitrogens with zero attached hydrogens (tertiary/aromatic N) is 1. The number of methoxy groups -OCH3 is 1. The molecule has 1 aliphatic rings. The molecule has 0 spiro atoms. The molecule has 2 aromatic rings. The van der Waals surface area contributed by atoms with Crippen LogP contribution in [-0.4, -0.2) is 19.1 Å². The second-order valence-electron chi connectivity index (χ2n) is 7.20. The van der Waals surface area contributed by atoms with E-state index in [-0.39, 0.29) is 23.7 Å². The van der Waals surface area contributed by atoms with Crippen molar-refractivity contribution in [2.75, 3.05) is 12.0 Å². The van der Waals surface area contributed by atoms with E-state index in [0.29, 0.717) is 12.3 Å². The van der Waals surface area contributed by atoms with Crippen molar-refractivity contribution in [3.05, 3.63) is 59.9 Å². The van der Waals surface area contributed by atoms with Crippen LogP contribution in [-0.2, 0) is 4.79 Å². The molecular weight excluding hydrogens is 329 g/mol. The standard InChI is InChI=1S/C22H26FNO2/c1-15(17-6-8-19(23)9-7-17)14-22(25)24(16(2)18-4-5-18)20-10-12-21(26-3)13-11-20/h6-13,15-16,18H,4-5,14H2,1-3H3. The Kier molecular flexibility index (Phi) is 5.60. The number of anilines is 1. The Bertz CT molecular complexity index is 738.